The Morgan fingerprint density at radius 3 is 2.79 bits per heavy atom. The van der Waals surface area contributed by atoms with E-state index in [1.807, 2.05) is 42.7 Å². The first-order valence-electron chi connectivity index (χ1n) is 7.81. The van der Waals surface area contributed by atoms with Gasteiger partial charge in [-0.2, -0.15) is 0 Å². The highest BCUT2D eigenvalue weighted by Crippen LogP contribution is 2.26. The molecule has 0 aliphatic heterocycles. The van der Waals surface area contributed by atoms with E-state index in [1.165, 1.54) is 17.3 Å². The molecule has 0 N–H and O–H groups in total. The third-order valence-corrected chi connectivity index (χ3v) is 4.84. The Bertz CT molecular complexity index is 786. The largest absolute Gasteiger partial charge is 0.497 e. The minimum atomic E-state index is -0.423. The Morgan fingerprint density at radius 2 is 2.00 bits per heavy atom. The number of hydrogen-bond donors (Lipinski definition) is 0. The van der Waals surface area contributed by atoms with Crippen LogP contribution in [0.1, 0.15) is 34.3 Å². The number of oxime groups is 1. The average molecular weight is 341 g/mol. The van der Waals surface area contributed by atoms with E-state index in [2.05, 4.69) is 5.16 Å². The zero-order valence-electron chi connectivity index (χ0n) is 13.7. The summed E-state index contributed by atoms with van der Waals surface area (Å²) < 4.78 is 5.27. The van der Waals surface area contributed by atoms with Gasteiger partial charge in [0, 0.05) is 10.5 Å². The topological polar surface area (TPSA) is 47.9 Å². The van der Waals surface area contributed by atoms with Crippen LogP contribution in [0.3, 0.4) is 0 Å². The van der Waals surface area contributed by atoms with Gasteiger partial charge in [-0.15, -0.1) is 11.8 Å². The Kier molecular flexibility index (Phi) is 5.20. The number of hydrogen-bond acceptors (Lipinski definition) is 5. The summed E-state index contributed by atoms with van der Waals surface area (Å²) in [5.41, 5.74) is 3.57. The van der Waals surface area contributed by atoms with Gasteiger partial charge in [0.05, 0.1) is 18.4 Å². The van der Waals surface area contributed by atoms with Crippen LogP contribution in [0.4, 0.5) is 0 Å². The number of thioether (sulfide) groups is 1. The molecular weight excluding hydrogens is 322 g/mol. The minimum absolute atomic E-state index is 0.423. The predicted octanol–water partition coefficient (Wildman–Crippen LogP) is 4.31. The van der Waals surface area contributed by atoms with Gasteiger partial charge < -0.3 is 9.57 Å². The number of ether oxygens (including phenoxy) is 1. The molecular formula is C19H19NO3S. The molecule has 0 amide bonds. The van der Waals surface area contributed by atoms with Crippen LogP contribution in [0.15, 0.2) is 52.5 Å². The number of nitrogens with zero attached hydrogens (tertiary/aromatic N) is 1. The third-order valence-electron chi connectivity index (χ3n) is 4.05. The van der Waals surface area contributed by atoms with Crippen LogP contribution in [0.5, 0.6) is 5.75 Å². The molecule has 4 nitrogen and oxygen atoms in total. The fourth-order valence-electron chi connectivity index (χ4n) is 2.82. The number of fused-ring (bicyclic) bond motifs is 1. The fraction of sp³-hybridized carbons (Fsp3) is 0.263. The standard InChI is InChI=1S/C19H19NO3S/c1-22-14-10-11-15-13(12-14)6-5-8-17(15)20-23-19(21)16-7-3-4-9-18(16)24-2/h3-4,7,9-12H,5-6,8H2,1-2H3/b20-17-. The van der Waals surface area contributed by atoms with Crippen molar-refractivity contribution < 1.29 is 14.4 Å². The molecule has 0 saturated heterocycles. The fourth-order valence-corrected chi connectivity index (χ4v) is 3.41. The van der Waals surface area contributed by atoms with E-state index < -0.39 is 5.97 Å². The SMILES string of the molecule is COc1ccc2c(c1)CCC/C2=N/OC(=O)c1ccccc1SC. The normalized spacial score (nSPS) is 15.0. The summed E-state index contributed by atoms with van der Waals surface area (Å²) in [4.78, 5) is 18.4. The summed E-state index contributed by atoms with van der Waals surface area (Å²) in [5, 5.41) is 4.15. The molecule has 0 saturated carbocycles. The van der Waals surface area contributed by atoms with Gasteiger partial charge in [-0.05, 0) is 61.4 Å². The van der Waals surface area contributed by atoms with Crippen molar-refractivity contribution in [3.8, 4) is 5.75 Å². The smallest absolute Gasteiger partial charge is 0.366 e. The highest BCUT2D eigenvalue weighted by molar-refractivity contribution is 7.98. The highest BCUT2D eigenvalue weighted by Gasteiger charge is 2.18. The van der Waals surface area contributed by atoms with Crippen molar-refractivity contribution in [3.63, 3.8) is 0 Å². The van der Waals surface area contributed by atoms with Gasteiger partial charge >= 0.3 is 5.97 Å². The summed E-state index contributed by atoms with van der Waals surface area (Å²) in [7, 11) is 1.66. The van der Waals surface area contributed by atoms with Gasteiger partial charge in [0.1, 0.15) is 5.75 Å². The second-order valence-electron chi connectivity index (χ2n) is 5.49. The maximum atomic E-state index is 12.3. The maximum Gasteiger partial charge on any atom is 0.366 e. The Morgan fingerprint density at radius 1 is 1.17 bits per heavy atom. The number of rotatable bonds is 4. The van der Waals surface area contributed by atoms with Crippen LogP contribution in [-0.2, 0) is 11.3 Å². The van der Waals surface area contributed by atoms with Crippen LogP contribution < -0.4 is 4.74 Å². The van der Waals surface area contributed by atoms with Crippen LogP contribution in [0.2, 0.25) is 0 Å². The predicted molar refractivity (Wildman–Crippen MR) is 96.1 cm³/mol. The monoisotopic (exact) mass is 341 g/mol. The maximum absolute atomic E-state index is 12.3. The van der Waals surface area contributed by atoms with Crippen LogP contribution in [-0.4, -0.2) is 25.0 Å². The van der Waals surface area contributed by atoms with Gasteiger partial charge in [-0.25, -0.2) is 4.79 Å². The summed E-state index contributed by atoms with van der Waals surface area (Å²) >= 11 is 1.51. The summed E-state index contributed by atoms with van der Waals surface area (Å²) in [6, 6.07) is 13.3. The van der Waals surface area contributed by atoms with E-state index in [9.17, 15) is 4.79 Å². The third kappa shape index (κ3) is 3.46. The summed E-state index contributed by atoms with van der Waals surface area (Å²) in [6.45, 7) is 0. The number of aryl methyl sites for hydroxylation is 1. The molecule has 0 heterocycles. The van der Waals surface area contributed by atoms with E-state index in [4.69, 9.17) is 9.57 Å². The highest BCUT2D eigenvalue weighted by atomic mass is 32.2. The minimum Gasteiger partial charge on any atom is -0.497 e. The van der Waals surface area contributed by atoms with Crippen molar-refractivity contribution in [2.45, 2.75) is 24.2 Å². The lowest BCUT2D eigenvalue weighted by Gasteiger charge is -2.18. The number of methoxy groups -OCH3 is 1. The van der Waals surface area contributed by atoms with Gasteiger partial charge in [0.2, 0.25) is 0 Å². The molecule has 1 aliphatic carbocycles. The lowest BCUT2D eigenvalue weighted by Crippen LogP contribution is -2.14. The Hall–Kier alpha value is -2.27. The van der Waals surface area contributed by atoms with Crippen LogP contribution in [0.25, 0.3) is 0 Å². The number of carbonyl (C=O) groups excluding carboxylic acids is 1. The van der Waals surface area contributed by atoms with E-state index in [0.717, 1.165) is 41.2 Å². The molecule has 0 atom stereocenters. The molecule has 0 unspecified atom stereocenters. The van der Waals surface area contributed by atoms with Gasteiger partial charge in [-0.1, -0.05) is 17.3 Å². The van der Waals surface area contributed by atoms with Crippen molar-refractivity contribution in [3.05, 3.63) is 59.2 Å². The van der Waals surface area contributed by atoms with Gasteiger partial charge in [-0.3, -0.25) is 0 Å². The first-order chi connectivity index (χ1) is 11.7. The molecule has 0 radical (unpaired) electrons. The zero-order chi connectivity index (χ0) is 16.9. The lowest BCUT2D eigenvalue weighted by atomic mass is 9.90. The average Bonchev–Trinajstić information content (AvgIpc) is 2.65. The Labute approximate surface area is 145 Å². The molecule has 24 heavy (non-hydrogen) atoms. The molecule has 0 bridgehead atoms. The van der Waals surface area contributed by atoms with Crippen LogP contribution in [0, 0.1) is 0 Å². The zero-order valence-corrected chi connectivity index (χ0v) is 14.6. The first kappa shape index (κ1) is 16.6. The molecule has 5 heteroatoms. The molecule has 0 fully saturated rings. The summed E-state index contributed by atoms with van der Waals surface area (Å²) in [5.74, 6) is 0.411. The van der Waals surface area contributed by atoms with E-state index in [-0.39, 0.29) is 0 Å². The molecule has 1 aliphatic rings. The lowest BCUT2D eigenvalue weighted by molar-refractivity contribution is 0.0511. The van der Waals surface area contributed by atoms with Crippen molar-refractivity contribution in [2.75, 3.05) is 13.4 Å². The quantitative estimate of drug-likeness (QED) is 0.472. The molecule has 2 aromatic rings. The molecule has 3 rings (SSSR count). The van der Waals surface area contributed by atoms with Gasteiger partial charge in [0.15, 0.2) is 0 Å². The molecule has 0 aromatic heterocycles. The second kappa shape index (κ2) is 7.53. The van der Waals surface area contributed by atoms with Crippen molar-refractivity contribution in [1.82, 2.24) is 0 Å². The van der Waals surface area contributed by atoms with Crippen LogP contribution >= 0.6 is 11.8 Å². The van der Waals surface area contributed by atoms with E-state index in [0.29, 0.717) is 5.56 Å². The van der Waals surface area contributed by atoms with Crippen molar-refractivity contribution in [2.24, 2.45) is 5.16 Å². The van der Waals surface area contributed by atoms with Crippen molar-refractivity contribution >= 4 is 23.4 Å². The number of carbonyl (C=O) groups is 1. The molecule has 0 spiro atoms. The second-order valence-corrected chi connectivity index (χ2v) is 6.34. The Balaban J connectivity index is 1.82. The molecule has 2 aromatic carbocycles. The molecule has 124 valence electrons. The first-order valence-corrected chi connectivity index (χ1v) is 9.04. The van der Waals surface area contributed by atoms with Crippen molar-refractivity contribution in [1.29, 1.82) is 0 Å². The summed E-state index contributed by atoms with van der Waals surface area (Å²) in [6.07, 6.45) is 4.70. The van der Waals surface area contributed by atoms with E-state index >= 15 is 0 Å². The van der Waals surface area contributed by atoms with Gasteiger partial charge in [0.25, 0.3) is 0 Å². The van der Waals surface area contributed by atoms with E-state index in [1.54, 1.807) is 13.2 Å². The number of benzene rings is 2.